The van der Waals surface area contributed by atoms with Crippen LogP contribution in [0.15, 0.2) is 47.8 Å². The van der Waals surface area contributed by atoms with Crippen LogP contribution in [0.4, 0.5) is 0 Å². The summed E-state index contributed by atoms with van der Waals surface area (Å²) >= 11 is 0. The van der Waals surface area contributed by atoms with Gasteiger partial charge in [-0.2, -0.15) is 5.10 Å². The van der Waals surface area contributed by atoms with E-state index in [9.17, 15) is 4.79 Å². The molecule has 0 unspecified atom stereocenters. The third-order valence-electron chi connectivity index (χ3n) is 3.43. The number of carbonyl (C=O) groups excluding carboxylic acids is 1. The smallest absolute Gasteiger partial charge is 0.267 e. The van der Waals surface area contributed by atoms with Crippen molar-refractivity contribution in [3.05, 3.63) is 65.0 Å². The highest BCUT2D eigenvalue weighted by Gasteiger charge is 2.10. The number of benzene rings is 1. The first kappa shape index (κ1) is 12.5. The van der Waals surface area contributed by atoms with Crippen LogP contribution < -0.4 is 5.43 Å². The topological polar surface area (TPSA) is 54.4 Å². The summed E-state index contributed by atoms with van der Waals surface area (Å²) in [5, 5.41) is 3.99. The third kappa shape index (κ3) is 2.74. The zero-order valence-electron chi connectivity index (χ0n) is 11.0. The second kappa shape index (κ2) is 5.65. The molecule has 4 heteroatoms. The molecule has 2 aromatic rings. The largest absolute Gasteiger partial charge is 0.272 e. The number of pyridine rings is 1. The van der Waals surface area contributed by atoms with Gasteiger partial charge in [0, 0.05) is 12.4 Å². The van der Waals surface area contributed by atoms with Crippen molar-refractivity contribution in [3.63, 3.8) is 0 Å². The molecule has 0 saturated carbocycles. The molecule has 3 rings (SSSR count). The van der Waals surface area contributed by atoms with E-state index in [4.69, 9.17) is 0 Å². The highest BCUT2D eigenvalue weighted by molar-refractivity contribution is 5.94. The molecule has 1 aromatic carbocycles. The van der Waals surface area contributed by atoms with Crippen molar-refractivity contribution in [1.29, 1.82) is 0 Å². The lowest BCUT2D eigenvalue weighted by atomic mass is 10.1. The van der Waals surface area contributed by atoms with Crippen molar-refractivity contribution in [2.24, 2.45) is 5.10 Å². The Morgan fingerprint density at radius 1 is 1.25 bits per heavy atom. The molecule has 0 aliphatic heterocycles. The molecular weight excluding hydrogens is 250 g/mol. The van der Waals surface area contributed by atoms with Gasteiger partial charge in [-0.3, -0.25) is 9.78 Å². The van der Waals surface area contributed by atoms with Crippen molar-refractivity contribution in [2.75, 3.05) is 0 Å². The first-order valence-corrected chi connectivity index (χ1v) is 6.68. The maximum atomic E-state index is 11.8. The second-order valence-electron chi connectivity index (χ2n) is 4.82. The second-order valence-corrected chi connectivity index (χ2v) is 4.82. The first-order valence-electron chi connectivity index (χ1n) is 6.68. The highest BCUT2D eigenvalue weighted by atomic mass is 16.2. The van der Waals surface area contributed by atoms with Crippen LogP contribution in [-0.4, -0.2) is 17.1 Å². The molecule has 1 heterocycles. The molecule has 1 amide bonds. The SMILES string of the molecule is O=C(NN=Cc1ccc2c(c1)CCC2)c1cccnc1. The summed E-state index contributed by atoms with van der Waals surface area (Å²) in [4.78, 5) is 15.7. The Balaban J connectivity index is 1.65. The van der Waals surface area contributed by atoms with Crippen LogP contribution in [0.3, 0.4) is 0 Å². The molecular formula is C16H15N3O. The minimum atomic E-state index is -0.254. The van der Waals surface area contributed by atoms with E-state index >= 15 is 0 Å². The predicted molar refractivity (Wildman–Crippen MR) is 77.8 cm³/mol. The summed E-state index contributed by atoms with van der Waals surface area (Å²) in [6, 6.07) is 9.74. The maximum absolute atomic E-state index is 11.8. The van der Waals surface area contributed by atoms with E-state index < -0.39 is 0 Å². The Hall–Kier alpha value is -2.49. The third-order valence-corrected chi connectivity index (χ3v) is 3.43. The summed E-state index contributed by atoms with van der Waals surface area (Å²) < 4.78 is 0. The monoisotopic (exact) mass is 265 g/mol. The Kier molecular flexibility index (Phi) is 3.54. The Morgan fingerprint density at radius 2 is 2.15 bits per heavy atom. The van der Waals surface area contributed by atoms with Crippen LogP contribution >= 0.6 is 0 Å². The van der Waals surface area contributed by atoms with Crippen LogP contribution in [0.5, 0.6) is 0 Å². The van der Waals surface area contributed by atoms with Crippen LogP contribution in [0, 0.1) is 0 Å². The van der Waals surface area contributed by atoms with E-state index in [0.29, 0.717) is 5.56 Å². The lowest BCUT2D eigenvalue weighted by Gasteiger charge is -2.01. The fourth-order valence-electron chi connectivity index (χ4n) is 2.40. The lowest BCUT2D eigenvalue weighted by Crippen LogP contribution is -2.17. The molecule has 4 nitrogen and oxygen atoms in total. The fourth-order valence-corrected chi connectivity index (χ4v) is 2.40. The molecule has 0 atom stereocenters. The van der Waals surface area contributed by atoms with Gasteiger partial charge in [-0.25, -0.2) is 5.43 Å². The van der Waals surface area contributed by atoms with Crippen molar-refractivity contribution in [1.82, 2.24) is 10.4 Å². The van der Waals surface area contributed by atoms with Crippen LogP contribution in [0.1, 0.15) is 33.5 Å². The lowest BCUT2D eigenvalue weighted by molar-refractivity contribution is 0.0955. The number of aromatic nitrogens is 1. The Morgan fingerprint density at radius 3 is 3.00 bits per heavy atom. The molecule has 1 aliphatic rings. The van der Waals surface area contributed by atoms with Gasteiger partial charge in [-0.05, 0) is 54.2 Å². The maximum Gasteiger partial charge on any atom is 0.272 e. The van der Waals surface area contributed by atoms with Crippen LogP contribution in [-0.2, 0) is 12.8 Å². The minimum absolute atomic E-state index is 0.254. The van der Waals surface area contributed by atoms with E-state index in [2.05, 4.69) is 27.6 Å². The summed E-state index contributed by atoms with van der Waals surface area (Å²) in [6.07, 6.45) is 8.36. The van der Waals surface area contributed by atoms with Gasteiger partial charge >= 0.3 is 0 Å². The van der Waals surface area contributed by atoms with Crippen LogP contribution in [0.2, 0.25) is 0 Å². The van der Waals surface area contributed by atoms with E-state index in [1.165, 1.54) is 30.2 Å². The molecule has 0 fully saturated rings. The van der Waals surface area contributed by atoms with Gasteiger partial charge in [-0.1, -0.05) is 12.1 Å². The predicted octanol–water partition coefficient (Wildman–Crippen LogP) is 2.33. The van der Waals surface area contributed by atoms with Crippen molar-refractivity contribution >= 4 is 12.1 Å². The van der Waals surface area contributed by atoms with Crippen LogP contribution in [0.25, 0.3) is 0 Å². The summed E-state index contributed by atoms with van der Waals surface area (Å²) in [6.45, 7) is 0. The number of hydrazone groups is 1. The average Bonchev–Trinajstić information content (AvgIpc) is 2.95. The molecule has 0 saturated heterocycles. The Bertz CT molecular complexity index is 650. The van der Waals surface area contributed by atoms with E-state index in [1.807, 2.05) is 6.07 Å². The van der Waals surface area contributed by atoms with E-state index in [0.717, 1.165) is 12.0 Å². The van der Waals surface area contributed by atoms with Gasteiger partial charge in [0.15, 0.2) is 0 Å². The average molecular weight is 265 g/mol. The normalized spacial score (nSPS) is 13.4. The zero-order valence-corrected chi connectivity index (χ0v) is 11.0. The van der Waals surface area contributed by atoms with Gasteiger partial charge in [0.2, 0.25) is 0 Å². The molecule has 20 heavy (non-hydrogen) atoms. The molecule has 0 bridgehead atoms. The number of aryl methyl sites for hydroxylation is 2. The van der Waals surface area contributed by atoms with Gasteiger partial charge in [-0.15, -0.1) is 0 Å². The fraction of sp³-hybridized carbons (Fsp3) is 0.188. The number of amides is 1. The van der Waals surface area contributed by atoms with Gasteiger partial charge in [0.05, 0.1) is 11.8 Å². The van der Waals surface area contributed by atoms with E-state index in [-0.39, 0.29) is 5.91 Å². The molecule has 0 spiro atoms. The minimum Gasteiger partial charge on any atom is -0.267 e. The molecule has 0 radical (unpaired) electrons. The number of nitrogens with zero attached hydrogens (tertiary/aromatic N) is 2. The van der Waals surface area contributed by atoms with Crippen molar-refractivity contribution in [2.45, 2.75) is 19.3 Å². The van der Waals surface area contributed by atoms with Gasteiger partial charge < -0.3 is 0 Å². The summed E-state index contributed by atoms with van der Waals surface area (Å²) in [7, 11) is 0. The number of fused-ring (bicyclic) bond motifs is 1. The molecule has 1 N–H and O–H groups in total. The van der Waals surface area contributed by atoms with Crippen molar-refractivity contribution in [3.8, 4) is 0 Å². The van der Waals surface area contributed by atoms with Crippen molar-refractivity contribution < 1.29 is 4.79 Å². The number of rotatable bonds is 3. The molecule has 100 valence electrons. The summed E-state index contributed by atoms with van der Waals surface area (Å²) in [5.41, 5.74) is 6.84. The highest BCUT2D eigenvalue weighted by Crippen LogP contribution is 2.22. The zero-order chi connectivity index (χ0) is 13.8. The molecule has 1 aliphatic carbocycles. The van der Waals surface area contributed by atoms with Gasteiger partial charge in [0.25, 0.3) is 5.91 Å². The molecule has 1 aromatic heterocycles. The number of carbonyl (C=O) groups is 1. The first-order chi connectivity index (χ1) is 9.83. The number of nitrogens with one attached hydrogen (secondary N) is 1. The summed E-state index contributed by atoms with van der Waals surface area (Å²) in [5.74, 6) is -0.254. The number of hydrogen-bond donors (Lipinski definition) is 1. The standard InChI is InChI=1S/C16H15N3O/c20-16(15-5-2-8-17-11-15)19-18-10-12-6-7-13-3-1-4-14(13)9-12/h2,5-11H,1,3-4H2,(H,19,20). The number of hydrogen-bond acceptors (Lipinski definition) is 3. The van der Waals surface area contributed by atoms with Gasteiger partial charge in [0.1, 0.15) is 0 Å². The quantitative estimate of drug-likeness (QED) is 0.684. The Labute approximate surface area is 117 Å². The van der Waals surface area contributed by atoms with E-state index in [1.54, 1.807) is 24.5 Å².